The van der Waals surface area contributed by atoms with Gasteiger partial charge in [0.25, 0.3) is 0 Å². The van der Waals surface area contributed by atoms with E-state index in [4.69, 9.17) is 5.73 Å². The van der Waals surface area contributed by atoms with Crippen LogP contribution in [-0.4, -0.2) is 31.1 Å². The molecule has 14 heavy (non-hydrogen) atoms. The van der Waals surface area contributed by atoms with Gasteiger partial charge in [0.15, 0.2) is 0 Å². The molecule has 3 heteroatoms. The summed E-state index contributed by atoms with van der Waals surface area (Å²) >= 11 is 1.91. The number of nitrogens with one attached hydrogen (secondary N) is 1. The van der Waals surface area contributed by atoms with Crippen LogP contribution in [0.3, 0.4) is 0 Å². The van der Waals surface area contributed by atoms with Crippen molar-refractivity contribution in [2.45, 2.75) is 32.2 Å². The lowest BCUT2D eigenvalue weighted by Crippen LogP contribution is -2.36. The lowest BCUT2D eigenvalue weighted by Gasteiger charge is -2.15. The third-order valence-corrected chi connectivity index (χ3v) is 2.86. The van der Waals surface area contributed by atoms with Crippen LogP contribution in [0.25, 0.3) is 0 Å². The first kappa shape index (κ1) is 14.0. The van der Waals surface area contributed by atoms with Gasteiger partial charge in [-0.15, -0.1) is 0 Å². The van der Waals surface area contributed by atoms with Gasteiger partial charge in [-0.2, -0.15) is 11.8 Å². The molecule has 2 nitrogen and oxygen atoms in total. The summed E-state index contributed by atoms with van der Waals surface area (Å²) in [6, 6.07) is 0.507. The van der Waals surface area contributed by atoms with Crippen molar-refractivity contribution in [3.8, 4) is 0 Å². The standard InChI is InChI=1S/C11H24N2S/c1-3-4-5-8-13-11(10-12)7-6-9-14-2/h3-4,11,13H,5-10,12H2,1-2H3/b4-3+. The van der Waals surface area contributed by atoms with Crippen molar-refractivity contribution in [2.24, 2.45) is 5.73 Å². The molecule has 3 N–H and O–H groups in total. The van der Waals surface area contributed by atoms with Crippen molar-refractivity contribution < 1.29 is 0 Å². The van der Waals surface area contributed by atoms with Crippen LogP contribution in [0.2, 0.25) is 0 Å². The van der Waals surface area contributed by atoms with E-state index in [0.29, 0.717) is 6.04 Å². The average molecular weight is 216 g/mol. The van der Waals surface area contributed by atoms with Crippen molar-refractivity contribution >= 4 is 11.8 Å². The van der Waals surface area contributed by atoms with Crippen molar-refractivity contribution in [1.29, 1.82) is 0 Å². The first-order valence-corrected chi connectivity index (χ1v) is 6.78. The quantitative estimate of drug-likeness (QED) is 0.457. The molecule has 0 aliphatic rings. The molecule has 0 fully saturated rings. The SMILES string of the molecule is C/C=C/CCNC(CN)CCCSC. The van der Waals surface area contributed by atoms with Crippen LogP contribution in [0.15, 0.2) is 12.2 Å². The van der Waals surface area contributed by atoms with Gasteiger partial charge in [-0.05, 0) is 44.7 Å². The molecule has 0 aliphatic heterocycles. The highest BCUT2D eigenvalue weighted by molar-refractivity contribution is 7.98. The molecule has 0 amide bonds. The predicted octanol–water partition coefficient (Wildman–Crippen LogP) is 2.01. The Bertz CT molecular complexity index is 137. The highest BCUT2D eigenvalue weighted by Crippen LogP contribution is 2.02. The van der Waals surface area contributed by atoms with Crippen LogP contribution in [-0.2, 0) is 0 Å². The number of thioether (sulfide) groups is 1. The highest BCUT2D eigenvalue weighted by atomic mass is 32.2. The molecule has 1 unspecified atom stereocenters. The van der Waals surface area contributed by atoms with Gasteiger partial charge < -0.3 is 11.1 Å². The molecule has 84 valence electrons. The summed E-state index contributed by atoms with van der Waals surface area (Å²) in [5.41, 5.74) is 5.68. The topological polar surface area (TPSA) is 38.0 Å². The van der Waals surface area contributed by atoms with Gasteiger partial charge in [0, 0.05) is 12.6 Å². The summed E-state index contributed by atoms with van der Waals surface area (Å²) in [6.45, 7) is 3.86. The Morgan fingerprint density at radius 3 is 2.86 bits per heavy atom. The third kappa shape index (κ3) is 8.60. The van der Waals surface area contributed by atoms with Gasteiger partial charge in [-0.1, -0.05) is 12.2 Å². The number of hydrogen-bond donors (Lipinski definition) is 2. The molecule has 0 rings (SSSR count). The van der Waals surface area contributed by atoms with Crippen LogP contribution in [0.1, 0.15) is 26.2 Å². The minimum absolute atomic E-state index is 0.507. The fraction of sp³-hybridized carbons (Fsp3) is 0.818. The van der Waals surface area contributed by atoms with Crippen LogP contribution < -0.4 is 11.1 Å². The first-order chi connectivity index (χ1) is 6.85. The minimum Gasteiger partial charge on any atom is -0.329 e. The molecule has 0 aromatic heterocycles. The van der Waals surface area contributed by atoms with Crippen molar-refractivity contribution in [1.82, 2.24) is 5.32 Å². The number of rotatable bonds is 9. The van der Waals surface area contributed by atoms with E-state index in [1.54, 1.807) is 0 Å². The van der Waals surface area contributed by atoms with Crippen LogP contribution in [0.4, 0.5) is 0 Å². The Balaban J connectivity index is 3.37. The molecular formula is C11H24N2S. The van der Waals surface area contributed by atoms with E-state index in [-0.39, 0.29) is 0 Å². The zero-order chi connectivity index (χ0) is 10.6. The Morgan fingerprint density at radius 1 is 1.50 bits per heavy atom. The van der Waals surface area contributed by atoms with Crippen molar-refractivity contribution in [3.63, 3.8) is 0 Å². The third-order valence-electron chi connectivity index (χ3n) is 2.17. The van der Waals surface area contributed by atoms with Crippen LogP contribution >= 0.6 is 11.8 Å². The molecule has 0 aromatic rings. The molecule has 0 aromatic carbocycles. The van der Waals surface area contributed by atoms with Crippen LogP contribution in [0.5, 0.6) is 0 Å². The molecular weight excluding hydrogens is 192 g/mol. The van der Waals surface area contributed by atoms with Gasteiger partial charge in [-0.3, -0.25) is 0 Å². The maximum Gasteiger partial charge on any atom is 0.0190 e. The minimum atomic E-state index is 0.507. The van der Waals surface area contributed by atoms with Gasteiger partial charge in [0.1, 0.15) is 0 Å². The maximum atomic E-state index is 5.68. The highest BCUT2D eigenvalue weighted by Gasteiger charge is 2.03. The monoisotopic (exact) mass is 216 g/mol. The maximum absolute atomic E-state index is 5.68. The molecule has 0 heterocycles. The van der Waals surface area contributed by atoms with Gasteiger partial charge in [0.2, 0.25) is 0 Å². The second-order valence-corrected chi connectivity index (χ2v) is 4.37. The second-order valence-electron chi connectivity index (χ2n) is 3.38. The number of hydrogen-bond acceptors (Lipinski definition) is 3. The zero-order valence-corrected chi connectivity index (χ0v) is 10.3. The van der Waals surface area contributed by atoms with E-state index in [0.717, 1.165) is 19.5 Å². The zero-order valence-electron chi connectivity index (χ0n) is 9.46. The van der Waals surface area contributed by atoms with Crippen molar-refractivity contribution in [2.75, 3.05) is 25.1 Å². The van der Waals surface area contributed by atoms with E-state index in [2.05, 4.69) is 30.6 Å². The summed E-state index contributed by atoms with van der Waals surface area (Å²) < 4.78 is 0. The van der Waals surface area contributed by atoms with E-state index in [1.165, 1.54) is 18.6 Å². The average Bonchev–Trinajstić information content (AvgIpc) is 2.22. The summed E-state index contributed by atoms with van der Waals surface area (Å²) in [5, 5.41) is 3.48. The van der Waals surface area contributed by atoms with Gasteiger partial charge in [-0.25, -0.2) is 0 Å². The number of allylic oxidation sites excluding steroid dienone is 1. The Labute approximate surface area is 92.7 Å². The van der Waals surface area contributed by atoms with E-state index in [1.807, 2.05) is 11.8 Å². The second kappa shape index (κ2) is 11.1. The number of nitrogens with two attached hydrogens (primary N) is 1. The summed E-state index contributed by atoms with van der Waals surface area (Å²) in [7, 11) is 0. The summed E-state index contributed by atoms with van der Waals surface area (Å²) in [5.74, 6) is 1.24. The van der Waals surface area contributed by atoms with Gasteiger partial charge in [0.05, 0.1) is 0 Å². The van der Waals surface area contributed by atoms with E-state index < -0.39 is 0 Å². The lowest BCUT2D eigenvalue weighted by molar-refractivity contribution is 0.489. The largest absolute Gasteiger partial charge is 0.329 e. The Morgan fingerprint density at radius 2 is 2.29 bits per heavy atom. The van der Waals surface area contributed by atoms with E-state index >= 15 is 0 Å². The molecule has 0 aliphatic carbocycles. The predicted molar refractivity (Wildman–Crippen MR) is 67.9 cm³/mol. The summed E-state index contributed by atoms with van der Waals surface area (Å²) in [6.07, 6.45) is 9.99. The van der Waals surface area contributed by atoms with E-state index in [9.17, 15) is 0 Å². The summed E-state index contributed by atoms with van der Waals surface area (Å²) in [4.78, 5) is 0. The fourth-order valence-corrected chi connectivity index (χ4v) is 1.77. The molecule has 0 saturated heterocycles. The van der Waals surface area contributed by atoms with Crippen molar-refractivity contribution in [3.05, 3.63) is 12.2 Å². The van der Waals surface area contributed by atoms with Gasteiger partial charge >= 0.3 is 0 Å². The first-order valence-electron chi connectivity index (χ1n) is 5.38. The smallest absolute Gasteiger partial charge is 0.0190 e. The molecule has 0 bridgehead atoms. The molecule has 0 spiro atoms. The molecule has 0 saturated carbocycles. The normalized spacial score (nSPS) is 13.6. The fourth-order valence-electron chi connectivity index (χ4n) is 1.31. The lowest BCUT2D eigenvalue weighted by atomic mass is 10.1. The molecule has 0 radical (unpaired) electrons. The van der Waals surface area contributed by atoms with Crippen LogP contribution in [0, 0.1) is 0 Å². The Kier molecular flexibility index (Phi) is 11.1. The Hall–Kier alpha value is 0.0100. The molecule has 1 atom stereocenters.